The lowest BCUT2D eigenvalue weighted by molar-refractivity contribution is 0.269. The largest absolute Gasteiger partial charge is 0.444 e. The molecule has 2 heterocycles. The number of nitrogens with one attached hydrogen (secondary N) is 1. The van der Waals surface area contributed by atoms with Crippen LogP contribution in [0.2, 0.25) is 0 Å². The summed E-state index contributed by atoms with van der Waals surface area (Å²) in [6.45, 7) is 3.66. The predicted octanol–water partition coefficient (Wildman–Crippen LogP) is -0.0413. The normalized spacial score (nSPS) is 11.9. The predicted molar refractivity (Wildman–Crippen MR) is 69.3 cm³/mol. The highest BCUT2D eigenvalue weighted by Gasteiger charge is 2.17. The Bertz CT molecular complexity index is 670. The van der Waals surface area contributed by atoms with Crippen molar-refractivity contribution in [1.82, 2.24) is 19.5 Å². The SMILES string of the molecule is Cc1nc(CNS(=O)(=O)c2cnn(CCO)c2)oc1C. The minimum atomic E-state index is -3.67. The quantitative estimate of drug-likeness (QED) is 0.774. The molecule has 0 atom stereocenters. The van der Waals surface area contributed by atoms with Gasteiger partial charge in [0.2, 0.25) is 15.9 Å². The van der Waals surface area contributed by atoms with Crippen LogP contribution in [0, 0.1) is 13.8 Å². The van der Waals surface area contributed by atoms with E-state index >= 15 is 0 Å². The van der Waals surface area contributed by atoms with Crippen LogP contribution in [0.15, 0.2) is 21.7 Å². The highest BCUT2D eigenvalue weighted by atomic mass is 32.2. The van der Waals surface area contributed by atoms with Gasteiger partial charge in [-0.05, 0) is 13.8 Å². The Morgan fingerprint density at radius 1 is 1.45 bits per heavy atom. The third-order valence-corrected chi connectivity index (χ3v) is 4.09. The first-order valence-corrected chi connectivity index (χ1v) is 7.46. The number of aryl methyl sites for hydroxylation is 2. The van der Waals surface area contributed by atoms with Crippen LogP contribution in [0.5, 0.6) is 0 Å². The van der Waals surface area contributed by atoms with Crippen LogP contribution < -0.4 is 4.72 Å². The summed E-state index contributed by atoms with van der Waals surface area (Å²) in [5.41, 5.74) is 0.731. The van der Waals surface area contributed by atoms with Gasteiger partial charge >= 0.3 is 0 Å². The molecule has 0 aliphatic heterocycles. The Morgan fingerprint density at radius 2 is 2.20 bits per heavy atom. The lowest BCUT2D eigenvalue weighted by atomic mass is 10.4. The highest BCUT2D eigenvalue weighted by molar-refractivity contribution is 7.89. The molecule has 0 aliphatic rings. The van der Waals surface area contributed by atoms with Gasteiger partial charge in [-0.2, -0.15) is 5.10 Å². The number of sulfonamides is 1. The number of rotatable bonds is 6. The van der Waals surface area contributed by atoms with Crippen molar-refractivity contribution >= 4 is 10.0 Å². The summed E-state index contributed by atoms with van der Waals surface area (Å²) in [6, 6.07) is 0. The first kappa shape index (κ1) is 14.7. The van der Waals surface area contributed by atoms with Gasteiger partial charge in [0.15, 0.2) is 0 Å². The van der Waals surface area contributed by atoms with Crippen LogP contribution in [0.1, 0.15) is 17.3 Å². The van der Waals surface area contributed by atoms with E-state index in [2.05, 4.69) is 14.8 Å². The van der Waals surface area contributed by atoms with E-state index in [1.807, 2.05) is 0 Å². The molecule has 9 heteroatoms. The van der Waals surface area contributed by atoms with Crippen LogP contribution in [0.4, 0.5) is 0 Å². The van der Waals surface area contributed by atoms with Crippen LogP contribution >= 0.6 is 0 Å². The first-order chi connectivity index (χ1) is 9.42. The van der Waals surface area contributed by atoms with E-state index in [-0.39, 0.29) is 24.6 Å². The summed E-state index contributed by atoms with van der Waals surface area (Å²) in [4.78, 5) is 4.13. The molecule has 110 valence electrons. The van der Waals surface area contributed by atoms with E-state index in [1.54, 1.807) is 13.8 Å². The average molecular weight is 300 g/mol. The molecular formula is C11H16N4O4S. The number of hydrogen-bond donors (Lipinski definition) is 2. The van der Waals surface area contributed by atoms with Crippen LogP contribution in [0.3, 0.4) is 0 Å². The third-order valence-electron chi connectivity index (χ3n) is 2.74. The lowest BCUT2D eigenvalue weighted by Crippen LogP contribution is -2.23. The highest BCUT2D eigenvalue weighted by Crippen LogP contribution is 2.11. The molecule has 0 spiro atoms. The Hall–Kier alpha value is -1.71. The Balaban J connectivity index is 2.06. The standard InChI is InChI=1S/C11H16N4O4S/c1-8-9(2)19-11(14-8)6-13-20(17,18)10-5-12-15(7-10)3-4-16/h5,7,13,16H,3-4,6H2,1-2H3. The van der Waals surface area contributed by atoms with E-state index in [9.17, 15) is 8.42 Å². The number of oxazole rings is 1. The van der Waals surface area contributed by atoms with Crippen molar-refractivity contribution in [3.63, 3.8) is 0 Å². The van der Waals surface area contributed by atoms with E-state index in [0.717, 1.165) is 5.69 Å². The van der Waals surface area contributed by atoms with Gasteiger partial charge in [0, 0.05) is 6.20 Å². The molecule has 20 heavy (non-hydrogen) atoms. The molecule has 2 rings (SSSR count). The zero-order valence-corrected chi connectivity index (χ0v) is 12.0. The van der Waals surface area contributed by atoms with Gasteiger partial charge in [0.1, 0.15) is 10.7 Å². The molecule has 2 aromatic rings. The van der Waals surface area contributed by atoms with Crippen LogP contribution in [-0.4, -0.2) is 34.9 Å². The Labute approximate surface area is 116 Å². The van der Waals surface area contributed by atoms with Crippen molar-refractivity contribution in [1.29, 1.82) is 0 Å². The lowest BCUT2D eigenvalue weighted by Gasteiger charge is -2.01. The summed E-state index contributed by atoms with van der Waals surface area (Å²) in [6.07, 6.45) is 2.58. The molecular weight excluding hydrogens is 284 g/mol. The smallest absolute Gasteiger partial charge is 0.244 e. The molecule has 0 aliphatic carbocycles. The van der Waals surface area contributed by atoms with E-state index < -0.39 is 10.0 Å². The maximum absolute atomic E-state index is 12.0. The third kappa shape index (κ3) is 3.24. The molecule has 2 N–H and O–H groups in total. The number of aliphatic hydroxyl groups is 1. The molecule has 2 aromatic heterocycles. The number of hydrogen-bond acceptors (Lipinski definition) is 6. The molecule has 0 saturated heterocycles. The summed E-state index contributed by atoms with van der Waals surface area (Å²) in [7, 11) is -3.67. The summed E-state index contributed by atoms with van der Waals surface area (Å²) < 4.78 is 33.1. The van der Waals surface area contributed by atoms with Crippen molar-refractivity contribution < 1.29 is 17.9 Å². The number of aliphatic hydroxyl groups excluding tert-OH is 1. The maximum atomic E-state index is 12.0. The molecule has 0 fully saturated rings. The van der Waals surface area contributed by atoms with Crippen molar-refractivity contribution in [2.75, 3.05) is 6.61 Å². The topological polar surface area (TPSA) is 110 Å². The number of aromatic nitrogens is 3. The second kappa shape index (κ2) is 5.73. The monoisotopic (exact) mass is 300 g/mol. The first-order valence-electron chi connectivity index (χ1n) is 5.98. The second-order valence-electron chi connectivity index (χ2n) is 4.24. The molecule has 0 radical (unpaired) electrons. The molecule has 0 bridgehead atoms. The van der Waals surface area contributed by atoms with Gasteiger partial charge in [0.25, 0.3) is 0 Å². The summed E-state index contributed by atoms with van der Waals surface area (Å²) >= 11 is 0. The van der Waals surface area contributed by atoms with E-state index in [1.165, 1.54) is 17.1 Å². The van der Waals surface area contributed by atoms with Gasteiger partial charge in [-0.3, -0.25) is 4.68 Å². The van der Waals surface area contributed by atoms with Gasteiger partial charge in [0.05, 0.1) is 31.6 Å². The fraction of sp³-hybridized carbons (Fsp3) is 0.455. The average Bonchev–Trinajstić information content (AvgIpc) is 2.96. The van der Waals surface area contributed by atoms with E-state index in [4.69, 9.17) is 9.52 Å². The van der Waals surface area contributed by atoms with Crippen LogP contribution in [-0.2, 0) is 23.1 Å². The van der Waals surface area contributed by atoms with Crippen LogP contribution in [0.25, 0.3) is 0 Å². The van der Waals surface area contributed by atoms with Crippen molar-refractivity contribution in [2.24, 2.45) is 0 Å². The minimum Gasteiger partial charge on any atom is -0.444 e. The minimum absolute atomic E-state index is 0.0256. The maximum Gasteiger partial charge on any atom is 0.244 e. The fourth-order valence-electron chi connectivity index (χ4n) is 1.56. The number of nitrogens with zero attached hydrogens (tertiary/aromatic N) is 3. The molecule has 0 unspecified atom stereocenters. The summed E-state index contributed by atoms with van der Waals surface area (Å²) in [5.74, 6) is 0.973. The fourth-order valence-corrected chi connectivity index (χ4v) is 2.49. The molecule has 0 amide bonds. The van der Waals surface area contributed by atoms with Crippen molar-refractivity contribution in [2.45, 2.75) is 31.8 Å². The van der Waals surface area contributed by atoms with Gasteiger partial charge in [-0.1, -0.05) is 0 Å². The van der Waals surface area contributed by atoms with Gasteiger partial charge in [-0.25, -0.2) is 18.1 Å². The Morgan fingerprint density at radius 3 is 2.80 bits per heavy atom. The van der Waals surface area contributed by atoms with E-state index in [0.29, 0.717) is 11.7 Å². The van der Waals surface area contributed by atoms with Gasteiger partial charge in [-0.15, -0.1) is 0 Å². The summed E-state index contributed by atoms with van der Waals surface area (Å²) in [5, 5.41) is 12.6. The zero-order chi connectivity index (χ0) is 14.8. The molecule has 0 saturated carbocycles. The van der Waals surface area contributed by atoms with Gasteiger partial charge < -0.3 is 9.52 Å². The molecule has 0 aromatic carbocycles. The Kier molecular flexibility index (Phi) is 4.21. The van der Waals surface area contributed by atoms with Crippen molar-refractivity contribution in [3.8, 4) is 0 Å². The molecule has 8 nitrogen and oxygen atoms in total. The zero-order valence-electron chi connectivity index (χ0n) is 11.2. The second-order valence-corrected chi connectivity index (χ2v) is 6.00. The van der Waals surface area contributed by atoms with Crippen molar-refractivity contribution in [3.05, 3.63) is 29.7 Å².